The van der Waals surface area contributed by atoms with E-state index in [4.69, 9.17) is 17.2 Å². The molecule has 3 rings (SSSR count). The normalized spacial score (nSPS) is 11.0. The highest BCUT2D eigenvalue weighted by molar-refractivity contribution is 5.96. The summed E-state index contributed by atoms with van der Waals surface area (Å²) < 4.78 is 0. The van der Waals surface area contributed by atoms with E-state index in [0.717, 1.165) is 0 Å². The number of nitrogens with zero attached hydrogens (tertiary/aromatic N) is 5. The summed E-state index contributed by atoms with van der Waals surface area (Å²) in [6, 6.07) is 12.6. The fourth-order valence-corrected chi connectivity index (χ4v) is 2.05. The molecule has 0 saturated carbocycles. The number of nitrogen functional groups attached to an aromatic ring is 3. The summed E-state index contributed by atoms with van der Waals surface area (Å²) in [5.41, 5.74) is 20.9. The number of hydrogen-bond donors (Lipinski definition) is 3. The first kappa shape index (κ1) is 14.4. The molecular weight excluding hydrogens is 292 g/mol. The second kappa shape index (κ2) is 6.06. The highest BCUT2D eigenvalue weighted by Gasteiger charge is 2.16. The lowest BCUT2D eigenvalue weighted by atomic mass is 10.0. The first-order valence-electron chi connectivity index (χ1n) is 6.76. The van der Waals surface area contributed by atoms with Crippen molar-refractivity contribution < 1.29 is 0 Å². The first-order valence-corrected chi connectivity index (χ1v) is 6.76. The molecule has 0 atom stereocenters. The molecule has 23 heavy (non-hydrogen) atoms. The van der Waals surface area contributed by atoms with Crippen molar-refractivity contribution in [2.75, 3.05) is 17.2 Å². The Bertz CT molecular complexity index is 846. The second-order valence-corrected chi connectivity index (χ2v) is 4.73. The van der Waals surface area contributed by atoms with Crippen molar-refractivity contribution in [3.05, 3.63) is 48.7 Å². The van der Waals surface area contributed by atoms with Gasteiger partial charge in [-0.1, -0.05) is 18.2 Å². The molecule has 2 aromatic carbocycles. The molecule has 8 heteroatoms. The van der Waals surface area contributed by atoms with Crippen LogP contribution < -0.4 is 17.2 Å². The molecular formula is C15H14N8. The lowest BCUT2D eigenvalue weighted by Crippen LogP contribution is -2.03. The molecule has 114 valence electrons. The smallest absolute Gasteiger partial charge is 0.101 e. The van der Waals surface area contributed by atoms with Gasteiger partial charge in [0.2, 0.25) is 0 Å². The van der Waals surface area contributed by atoms with Gasteiger partial charge in [0.1, 0.15) is 5.69 Å². The third-order valence-corrected chi connectivity index (χ3v) is 3.21. The molecule has 0 aliphatic carbocycles. The maximum atomic E-state index is 6.09. The third-order valence-electron chi connectivity index (χ3n) is 3.21. The van der Waals surface area contributed by atoms with E-state index in [0.29, 0.717) is 28.3 Å². The van der Waals surface area contributed by atoms with Crippen LogP contribution in [-0.2, 0) is 0 Å². The zero-order chi connectivity index (χ0) is 16.2. The summed E-state index contributed by atoms with van der Waals surface area (Å²) in [6.07, 6.45) is 1.51. The van der Waals surface area contributed by atoms with Crippen LogP contribution in [0.1, 0.15) is 0 Å². The SMILES string of the molecule is Nc1cc(N=Nc2ccccc2)c(-c2ccnnn2)c(N)c1N. The molecule has 0 aliphatic rings. The summed E-state index contributed by atoms with van der Waals surface area (Å²) in [7, 11) is 0. The van der Waals surface area contributed by atoms with Crippen LogP contribution in [-0.4, -0.2) is 15.4 Å². The average Bonchev–Trinajstić information content (AvgIpc) is 2.59. The third kappa shape index (κ3) is 2.91. The van der Waals surface area contributed by atoms with E-state index in [1.165, 1.54) is 6.20 Å². The van der Waals surface area contributed by atoms with Crippen LogP contribution in [0.4, 0.5) is 28.4 Å². The number of aromatic nitrogens is 3. The topological polar surface area (TPSA) is 141 Å². The highest BCUT2D eigenvalue weighted by Crippen LogP contribution is 2.41. The van der Waals surface area contributed by atoms with Crippen molar-refractivity contribution in [1.82, 2.24) is 15.4 Å². The van der Waals surface area contributed by atoms with Crippen molar-refractivity contribution in [3.63, 3.8) is 0 Å². The maximum absolute atomic E-state index is 6.09. The van der Waals surface area contributed by atoms with E-state index in [9.17, 15) is 0 Å². The summed E-state index contributed by atoms with van der Waals surface area (Å²) in [5, 5.41) is 19.6. The van der Waals surface area contributed by atoms with E-state index in [1.54, 1.807) is 12.1 Å². The molecule has 0 radical (unpaired) electrons. The van der Waals surface area contributed by atoms with E-state index < -0.39 is 0 Å². The predicted molar refractivity (Wildman–Crippen MR) is 89.1 cm³/mol. The molecule has 0 bridgehead atoms. The molecule has 3 aromatic rings. The largest absolute Gasteiger partial charge is 0.397 e. The van der Waals surface area contributed by atoms with Gasteiger partial charge >= 0.3 is 0 Å². The van der Waals surface area contributed by atoms with Crippen LogP contribution in [0, 0.1) is 0 Å². The first-order chi connectivity index (χ1) is 11.2. The zero-order valence-electron chi connectivity index (χ0n) is 12.1. The molecule has 0 unspecified atom stereocenters. The van der Waals surface area contributed by atoms with E-state index in [2.05, 4.69) is 25.6 Å². The predicted octanol–water partition coefficient (Wildman–Crippen LogP) is 2.70. The van der Waals surface area contributed by atoms with Gasteiger partial charge in [0, 0.05) is 0 Å². The van der Waals surface area contributed by atoms with Gasteiger partial charge in [-0.05, 0) is 29.5 Å². The second-order valence-electron chi connectivity index (χ2n) is 4.73. The van der Waals surface area contributed by atoms with Gasteiger partial charge in [-0.25, -0.2) is 0 Å². The minimum Gasteiger partial charge on any atom is -0.397 e. The quantitative estimate of drug-likeness (QED) is 0.501. The van der Waals surface area contributed by atoms with Crippen molar-refractivity contribution in [3.8, 4) is 11.3 Å². The minimum absolute atomic E-state index is 0.275. The molecule has 0 spiro atoms. The van der Waals surface area contributed by atoms with Crippen LogP contribution in [0.3, 0.4) is 0 Å². The van der Waals surface area contributed by atoms with Gasteiger partial charge in [0.05, 0.1) is 40.2 Å². The van der Waals surface area contributed by atoms with E-state index in [-0.39, 0.29) is 11.4 Å². The van der Waals surface area contributed by atoms with Crippen LogP contribution >= 0.6 is 0 Å². The molecule has 1 aromatic heterocycles. The highest BCUT2D eigenvalue weighted by atomic mass is 15.3. The minimum atomic E-state index is 0.275. The number of rotatable bonds is 3. The monoisotopic (exact) mass is 306 g/mol. The Balaban J connectivity index is 2.14. The molecule has 0 aliphatic heterocycles. The van der Waals surface area contributed by atoms with Gasteiger partial charge in [-0.2, -0.15) is 5.11 Å². The van der Waals surface area contributed by atoms with Crippen LogP contribution in [0.2, 0.25) is 0 Å². The van der Waals surface area contributed by atoms with Crippen molar-refractivity contribution in [2.45, 2.75) is 0 Å². The van der Waals surface area contributed by atoms with Gasteiger partial charge < -0.3 is 17.2 Å². The van der Waals surface area contributed by atoms with Crippen LogP contribution in [0.25, 0.3) is 11.3 Å². The number of anilines is 3. The van der Waals surface area contributed by atoms with Gasteiger partial charge in [0.25, 0.3) is 0 Å². The number of azo groups is 1. The maximum Gasteiger partial charge on any atom is 0.101 e. The molecule has 0 saturated heterocycles. The van der Waals surface area contributed by atoms with E-state index >= 15 is 0 Å². The summed E-state index contributed by atoms with van der Waals surface area (Å²) in [5.74, 6) is 0. The summed E-state index contributed by atoms with van der Waals surface area (Å²) >= 11 is 0. The Hall–Kier alpha value is -3.55. The van der Waals surface area contributed by atoms with Crippen molar-refractivity contribution in [2.24, 2.45) is 10.2 Å². The van der Waals surface area contributed by atoms with E-state index in [1.807, 2.05) is 30.3 Å². The standard InChI is InChI=1S/C15H14N8/c16-10-8-12(21-20-9-4-2-1-3-5-9)13(15(18)14(10)17)11-6-7-19-23-22-11/h1-8H,16-18H2. The van der Waals surface area contributed by atoms with Crippen molar-refractivity contribution >= 4 is 28.4 Å². The zero-order valence-corrected chi connectivity index (χ0v) is 12.1. The molecule has 0 fully saturated rings. The average molecular weight is 306 g/mol. The molecule has 1 heterocycles. The Morgan fingerprint density at radius 1 is 0.870 bits per heavy atom. The molecule has 8 nitrogen and oxygen atoms in total. The fourth-order valence-electron chi connectivity index (χ4n) is 2.05. The lowest BCUT2D eigenvalue weighted by molar-refractivity contribution is 0.871. The Morgan fingerprint density at radius 3 is 2.35 bits per heavy atom. The van der Waals surface area contributed by atoms with Crippen molar-refractivity contribution in [1.29, 1.82) is 0 Å². The number of nitrogens with two attached hydrogens (primary N) is 3. The molecule has 6 N–H and O–H groups in total. The van der Waals surface area contributed by atoms with Gasteiger partial charge in [-0.15, -0.1) is 15.3 Å². The van der Waals surface area contributed by atoms with Crippen LogP contribution in [0.15, 0.2) is 58.9 Å². The Kier molecular flexibility index (Phi) is 3.79. The lowest BCUT2D eigenvalue weighted by Gasteiger charge is -2.12. The number of hydrogen-bond acceptors (Lipinski definition) is 8. The summed E-state index contributed by atoms with van der Waals surface area (Å²) in [4.78, 5) is 0. The fraction of sp³-hybridized carbons (Fsp3) is 0. The van der Waals surface area contributed by atoms with Crippen LogP contribution in [0.5, 0.6) is 0 Å². The summed E-state index contributed by atoms with van der Waals surface area (Å²) in [6.45, 7) is 0. The Labute approximate surface area is 132 Å². The molecule has 0 amide bonds. The number of benzene rings is 2. The van der Waals surface area contributed by atoms with Gasteiger partial charge in [-0.3, -0.25) is 0 Å². The van der Waals surface area contributed by atoms with Gasteiger partial charge in [0.15, 0.2) is 0 Å². The Morgan fingerprint density at radius 2 is 1.65 bits per heavy atom.